The molecule has 104 valence electrons. The van der Waals surface area contributed by atoms with E-state index in [1.165, 1.54) is 30.1 Å². The van der Waals surface area contributed by atoms with Crippen molar-refractivity contribution in [2.75, 3.05) is 10.1 Å². The van der Waals surface area contributed by atoms with Crippen LogP contribution in [-0.4, -0.2) is 17.3 Å². The number of fused-ring (bicyclic) bond motifs is 1. The van der Waals surface area contributed by atoms with Crippen LogP contribution in [0, 0.1) is 5.41 Å². The molecule has 0 saturated carbocycles. The third-order valence-corrected chi connectivity index (χ3v) is 5.01. The van der Waals surface area contributed by atoms with Crippen molar-refractivity contribution in [1.29, 1.82) is 5.41 Å². The smallest absolute Gasteiger partial charge is 0.313 e. The first-order chi connectivity index (χ1) is 8.97. The fourth-order valence-electron chi connectivity index (χ4n) is 1.85. The van der Waals surface area contributed by atoms with Crippen molar-refractivity contribution in [3.8, 4) is 0 Å². The van der Waals surface area contributed by atoms with Crippen LogP contribution in [0.5, 0.6) is 0 Å². The summed E-state index contributed by atoms with van der Waals surface area (Å²) in [5, 5.41) is 7.18. The van der Waals surface area contributed by atoms with Gasteiger partial charge < -0.3 is 9.71 Å². The highest BCUT2D eigenvalue weighted by atomic mass is 32.2. The van der Waals surface area contributed by atoms with Gasteiger partial charge in [-0.25, -0.2) is 0 Å². The molecule has 0 amide bonds. The van der Waals surface area contributed by atoms with E-state index in [2.05, 4.69) is 0 Å². The zero-order valence-corrected chi connectivity index (χ0v) is 11.8. The number of hydrogen-bond donors (Lipinski definition) is 1. The minimum atomic E-state index is -4.31. The van der Waals surface area contributed by atoms with Crippen LogP contribution in [0.4, 0.5) is 18.9 Å². The molecule has 0 aromatic heterocycles. The highest BCUT2D eigenvalue weighted by Gasteiger charge is 2.35. The summed E-state index contributed by atoms with van der Waals surface area (Å²) in [6, 6.07) is 3.85. The molecule has 7 heteroatoms. The van der Waals surface area contributed by atoms with Gasteiger partial charge in [0.15, 0.2) is 0 Å². The molecule has 1 aromatic rings. The maximum atomic E-state index is 12.7. The summed E-state index contributed by atoms with van der Waals surface area (Å²) in [5.74, 6) is 0.843. The highest BCUT2D eigenvalue weighted by molar-refractivity contribution is 8.05. The molecular weight excluding hydrogens is 293 g/mol. The van der Waals surface area contributed by atoms with Crippen molar-refractivity contribution < 1.29 is 13.2 Å². The Kier molecular flexibility index (Phi) is 4.35. The number of nitrogens with one attached hydrogen (secondary N) is 1. The quantitative estimate of drug-likeness (QED) is 0.648. The average molecular weight is 306 g/mol. The van der Waals surface area contributed by atoms with E-state index in [1.807, 2.05) is 11.2 Å². The van der Waals surface area contributed by atoms with Crippen LogP contribution in [0.1, 0.15) is 18.9 Å². The first-order valence-corrected chi connectivity index (χ1v) is 7.58. The standard InChI is InChI=1S/C12H13F3N2S2/c1-2-18-17-9-4-3-8(12(13,14)15)7-10(9)19-11(17)5-6-16/h3-4,6-7,11,16H,2,5H2,1H3. The molecule has 2 rings (SSSR count). The summed E-state index contributed by atoms with van der Waals surface area (Å²) in [7, 11) is 0. The summed E-state index contributed by atoms with van der Waals surface area (Å²) in [5.41, 5.74) is 0.201. The van der Waals surface area contributed by atoms with Crippen LogP contribution < -0.4 is 4.31 Å². The minimum Gasteiger partial charge on any atom is -0.313 e. The van der Waals surface area contributed by atoms with Crippen LogP contribution in [0.3, 0.4) is 0 Å². The lowest BCUT2D eigenvalue weighted by Crippen LogP contribution is -2.22. The molecule has 0 radical (unpaired) electrons. The Hall–Kier alpha value is -0.820. The van der Waals surface area contributed by atoms with Gasteiger partial charge in [-0.3, -0.25) is 0 Å². The van der Waals surface area contributed by atoms with E-state index in [1.54, 1.807) is 11.9 Å². The predicted octanol–water partition coefficient (Wildman–Crippen LogP) is 4.65. The van der Waals surface area contributed by atoms with Gasteiger partial charge in [0.1, 0.15) is 0 Å². The van der Waals surface area contributed by atoms with Crippen molar-refractivity contribution in [2.24, 2.45) is 0 Å². The molecule has 0 saturated heterocycles. The monoisotopic (exact) mass is 306 g/mol. The number of thioether (sulfide) groups is 1. The lowest BCUT2D eigenvalue weighted by atomic mass is 10.2. The number of alkyl halides is 3. The van der Waals surface area contributed by atoms with Gasteiger partial charge in [-0.2, -0.15) is 13.2 Å². The van der Waals surface area contributed by atoms with E-state index < -0.39 is 11.7 Å². The van der Waals surface area contributed by atoms with Crippen molar-refractivity contribution in [2.45, 2.75) is 29.8 Å². The van der Waals surface area contributed by atoms with Gasteiger partial charge in [-0.1, -0.05) is 18.7 Å². The van der Waals surface area contributed by atoms with Crippen LogP contribution in [0.15, 0.2) is 23.1 Å². The first kappa shape index (κ1) is 14.6. The Morgan fingerprint density at radius 1 is 1.47 bits per heavy atom. The Morgan fingerprint density at radius 2 is 2.21 bits per heavy atom. The molecule has 1 atom stereocenters. The van der Waals surface area contributed by atoms with Crippen LogP contribution >= 0.6 is 23.7 Å². The van der Waals surface area contributed by atoms with Crippen LogP contribution in [0.25, 0.3) is 0 Å². The molecule has 19 heavy (non-hydrogen) atoms. The topological polar surface area (TPSA) is 27.1 Å². The summed E-state index contributed by atoms with van der Waals surface area (Å²) >= 11 is 2.96. The van der Waals surface area contributed by atoms with Crippen LogP contribution in [-0.2, 0) is 6.18 Å². The average Bonchev–Trinajstić information content (AvgIpc) is 2.67. The number of nitrogens with zero attached hydrogens (tertiary/aromatic N) is 1. The van der Waals surface area contributed by atoms with Gasteiger partial charge in [-0.05, 0) is 36.4 Å². The van der Waals surface area contributed by atoms with E-state index in [4.69, 9.17) is 5.41 Å². The van der Waals surface area contributed by atoms with E-state index in [-0.39, 0.29) is 5.37 Å². The zero-order valence-electron chi connectivity index (χ0n) is 10.2. The molecule has 1 heterocycles. The van der Waals surface area contributed by atoms with E-state index in [9.17, 15) is 13.2 Å². The second-order valence-electron chi connectivity index (χ2n) is 3.94. The number of benzene rings is 1. The van der Waals surface area contributed by atoms with Crippen molar-refractivity contribution in [3.05, 3.63) is 23.8 Å². The molecule has 1 unspecified atom stereocenters. The lowest BCUT2D eigenvalue weighted by molar-refractivity contribution is -0.137. The first-order valence-electron chi connectivity index (χ1n) is 5.76. The van der Waals surface area contributed by atoms with Gasteiger partial charge in [0.05, 0.1) is 16.6 Å². The number of halogens is 3. The maximum Gasteiger partial charge on any atom is 0.416 e. The normalized spacial score (nSPS) is 18.5. The molecule has 0 aliphatic carbocycles. The Morgan fingerprint density at radius 3 is 2.79 bits per heavy atom. The van der Waals surface area contributed by atoms with Crippen LogP contribution in [0.2, 0.25) is 0 Å². The largest absolute Gasteiger partial charge is 0.416 e. The number of rotatable bonds is 4. The fraction of sp³-hybridized carbons (Fsp3) is 0.417. The Balaban J connectivity index is 2.33. The maximum absolute atomic E-state index is 12.7. The predicted molar refractivity (Wildman–Crippen MR) is 75.1 cm³/mol. The summed E-state index contributed by atoms with van der Waals surface area (Å²) < 4.78 is 40.1. The van der Waals surface area contributed by atoms with Crippen molar-refractivity contribution in [1.82, 2.24) is 0 Å². The third-order valence-electron chi connectivity index (χ3n) is 2.64. The molecule has 1 aliphatic heterocycles. The zero-order chi connectivity index (χ0) is 14.0. The second kappa shape index (κ2) is 5.66. The molecule has 1 aromatic carbocycles. The number of hydrogen-bond acceptors (Lipinski definition) is 4. The molecule has 0 bridgehead atoms. The fourth-order valence-corrected chi connectivity index (χ4v) is 4.23. The molecule has 0 fully saturated rings. The molecule has 1 N–H and O–H groups in total. The van der Waals surface area contributed by atoms with E-state index >= 15 is 0 Å². The van der Waals surface area contributed by atoms with Gasteiger partial charge in [0.2, 0.25) is 0 Å². The van der Waals surface area contributed by atoms with E-state index in [0.29, 0.717) is 11.3 Å². The summed E-state index contributed by atoms with van der Waals surface area (Å²) in [4.78, 5) is 0.641. The SMILES string of the molecule is CCSN1c2ccc(C(F)(F)F)cc2SC1CC=N. The molecule has 2 nitrogen and oxygen atoms in total. The lowest BCUT2D eigenvalue weighted by Gasteiger charge is -2.23. The molecule has 1 aliphatic rings. The Bertz CT molecular complexity index is 477. The van der Waals surface area contributed by atoms with Crippen molar-refractivity contribution in [3.63, 3.8) is 0 Å². The summed E-state index contributed by atoms with van der Waals surface area (Å²) in [6.45, 7) is 2.00. The molecule has 0 spiro atoms. The molecular formula is C12H13F3N2S2. The van der Waals surface area contributed by atoms with Gasteiger partial charge in [0.25, 0.3) is 0 Å². The highest BCUT2D eigenvalue weighted by Crippen LogP contribution is 2.49. The van der Waals surface area contributed by atoms with Crippen molar-refractivity contribution >= 4 is 35.6 Å². The summed E-state index contributed by atoms with van der Waals surface area (Å²) in [6.07, 6.45) is -2.48. The Labute approximate surface area is 118 Å². The second-order valence-corrected chi connectivity index (χ2v) is 6.38. The van der Waals surface area contributed by atoms with Gasteiger partial charge >= 0.3 is 6.18 Å². The number of anilines is 1. The van der Waals surface area contributed by atoms with Gasteiger partial charge in [-0.15, -0.1) is 0 Å². The van der Waals surface area contributed by atoms with E-state index in [0.717, 1.165) is 17.5 Å². The van der Waals surface area contributed by atoms with Gasteiger partial charge in [0, 0.05) is 17.1 Å². The third kappa shape index (κ3) is 3.02. The minimum absolute atomic E-state index is 0.000865.